The van der Waals surface area contributed by atoms with Gasteiger partial charge in [0, 0.05) is 6.04 Å². The van der Waals surface area contributed by atoms with Gasteiger partial charge in [0.05, 0.1) is 13.7 Å². The number of rotatable bonds is 4. The van der Waals surface area contributed by atoms with Gasteiger partial charge in [-0.15, -0.1) is 0 Å². The first-order valence-corrected chi connectivity index (χ1v) is 4.25. The molecular formula is C8H16FNO. The van der Waals surface area contributed by atoms with Gasteiger partial charge in [-0.3, -0.25) is 0 Å². The van der Waals surface area contributed by atoms with Crippen LogP contribution in [0.4, 0.5) is 4.39 Å². The Kier molecular flexibility index (Phi) is 3.80. The third-order valence-electron chi connectivity index (χ3n) is 2.27. The lowest BCUT2D eigenvalue weighted by molar-refractivity contribution is -0.161. The zero-order chi connectivity index (χ0) is 8.10. The second kappa shape index (κ2) is 4.67. The number of hydroxylamine groups is 2. The highest BCUT2D eigenvalue weighted by Crippen LogP contribution is 2.22. The van der Waals surface area contributed by atoms with Crippen LogP contribution in [-0.4, -0.2) is 31.4 Å². The zero-order valence-corrected chi connectivity index (χ0v) is 7.05. The van der Waals surface area contributed by atoms with Crippen LogP contribution in [0.3, 0.4) is 0 Å². The third kappa shape index (κ3) is 2.42. The summed E-state index contributed by atoms with van der Waals surface area (Å²) in [5, 5.41) is 1.77. The predicted octanol–water partition coefficient (Wildman–Crippen LogP) is 1.76. The smallest absolute Gasteiger partial charge is 0.104 e. The van der Waals surface area contributed by atoms with Gasteiger partial charge in [-0.1, -0.05) is 12.8 Å². The molecule has 0 N–H and O–H groups in total. The maximum atomic E-state index is 12.0. The van der Waals surface area contributed by atoms with Crippen LogP contribution in [0.1, 0.15) is 25.7 Å². The van der Waals surface area contributed by atoms with Crippen LogP contribution < -0.4 is 0 Å². The van der Waals surface area contributed by atoms with E-state index in [-0.39, 0.29) is 6.67 Å². The second-order valence-corrected chi connectivity index (χ2v) is 2.95. The Morgan fingerprint density at radius 3 is 2.55 bits per heavy atom. The molecule has 0 amide bonds. The Balaban J connectivity index is 2.27. The summed E-state index contributed by atoms with van der Waals surface area (Å²) in [6.07, 6.45) is 4.84. The molecule has 0 bridgehead atoms. The highest BCUT2D eigenvalue weighted by molar-refractivity contribution is 4.72. The van der Waals surface area contributed by atoms with Crippen LogP contribution >= 0.6 is 0 Å². The van der Waals surface area contributed by atoms with Crippen LogP contribution in [-0.2, 0) is 4.84 Å². The fourth-order valence-electron chi connectivity index (χ4n) is 1.70. The standard InChI is InChI=1S/C8H16FNO/c1-11-10(7-6-9)8-4-2-3-5-8/h8H,2-7H2,1H3. The summed E-state index contributed by atoms with van der Waals surface area (Å²) >= 11 is 0. The Bertz CT molecular complexity index is 104. The number of hydrogen-bond donors (Lipinski definition) is 0. The summed E-state index contributed by atoms with van der Waals surface area (Å²) in [6, 6.07) is 0.468. The summed E-state index contributed by atoms with van der Waals surface area (Å²) < 4.78 is 12.0. The average Bonchev–Trinajstić information content (AvgIpc) is 2.52. The Labute approximate surface area is 67.3 Å². The van der Waals surface area contributed by atoms with Crippen molar-refractivity contribution in [3.8, 4) is 0 Å². The Hall–Kier alpha value is -0.150. The fraction of sp³-hybridized carbons (Fsp3) is 1.00. The maximum absolute atomic E-state index is 12.0. The van der Waals surface area contributed by atoms with Crippen molar-refractivity contribution >= 4 is 0 Å². The highest BCUT2D eigenvalue weighted by atomic mass is 19.1. The van der Waals surface area contributed by atoms with Gasteiger partial charge < -0.3 is 4.84 Å². The molecule has 0 saturated heterocycles. The highest BCUT2D eigenvalue weighted by Gasteiger charge is 2.21. The lowest BCUT2D eigenvalue weighted by Crippen LogP contribution is -2.33. The first kappa shape index (κ1) is 8.94. The molecule has 66 valence electrons. The molecule has 0 heterocycles. The van der Waals surface area contributed by atoms with E-state index >= 15 is 0 Å². The van der Waals surface area contributed by atoms with E-state index in [1.807, 2.05) is 0 Å². The lowest BCUT2D eigenvalue weighted by atomic mass is 10.2. The minimum absolute atomic E-state index is 0.315. The molecule has 1 aliphatic carbocycles. The molecule has 0 aliphatic heterocycles. The van der Waals surface area contributed by atoms with E-state index in [0.717, 1.165) is 12.8 Å². The molecule has 1 rings (SSSR count). The molecule has 0 aromatic heterocycles. The van der Waals surface area contributed by atoms with Gasteiger partial charge in [0.15, 0.2) is 0 Å². The van der Waals surface area contributed by atoms with E-state index < -0.39 is 0 Å². The molecule has 1 saturated carbocycles. The maximum Gasteiger partial charge on any atom is 0.104 e. The van der Waals surface area contributed by atoms with E-state index in [2.05, 4.69) is 0 Å². The molecule has 0 unspecified atom stereocenters. The van der Waals surface area contributed by atoms with E-state index in [0.29, 0.717) is 12.6 Å². The van der Waals surface area contributed by atoms with E-state index in [9.17, 15) is 4.39 Å². The molecule has 11 heavy (non-hydrogen) atoms. The molecule has 0 atom stereocenters. The largest absolute Gasteiger partial charge is 0.302 e. The first-order valence-electron chi connectivity index (χ1n) is 4.25. The molecule has 0 aromatic rings. The van der Waals surface area contributed by atoms with Crippen molar-refractivity contribution in [3.05, 3.63) is 0 Å². The molecule has 2 nitrogen and oxygen atoms in total. The van der Waals surface area contributed by atoms with Crippen LogP contribution in [0.15, 0.2) is 0 Å². The minimum Gasteiger partial charge on any atom is -0.302 e. The first-order chi connectivity index (χ1) is 5.38. The number of hydrogen-bond acceptors (Lipinski definition) is 2. The number of nitrogens with zero attached hydrogens (tertiary/aromatic N) is 1. The van der Waals surface area contributed by atoms with E-state index in [1.165, 1.54) is 12.8 Å². The average molecular weight is 161 g/mol. The second-order valence-electron chi connectivity index (χ2n) is 2.95. The van der Waals surface area contributed by atoms with Gasteiger partial charge in [0.1, 0.15) is 6.67 Å². The van der Waals surface area contributed by atoms with Gasteiger partial charge in [0.25, 0.3) is 0 Å². The molecule has 3 heteroatoms. The molecule has 1 aliphatic rings. The zero-order valence-electron chi connectivity index (χ0n) is 7.05. The van der Waals surface area contributed by atoms with Crippen molar-refractivity contribution < 1.29 is 9.23 Å². The molecule has 1 fully saturated rings. The predicted molar refractivity (Wildman–Crippen MR) is 41.9 cm³/mol. The van der Waals surface area contributed by atoms with Crippen molar-refractivity contribution in [2.24, 2.45) is 0 Å². The van der Waals surface area contributed by atoms with Crippen molar-refractivity contribution in [3.63, 3.8) is 0 Å². The van der Waals surface area contributed by atoms with Gasteiger partial charge in [-0.05, 0) is 12.8 Å². The normalized spacial score (nSPS) is 19.9. The minimum atomic E-state index is -0.315. The van der Waals surface area contributed by atoms with Gasteiger partial charge in [-0.25, -0.2) is 4.39 Å². The molecule has 0 spiro atoms. The Morgan fingerprint density at radius 1 is 1.45 bits per heavy atom. The van der Waals surface area contributed by atoms with Gasteiger partial charge >= 0.3 is 0 Å². The van der Waals surface area contributed by atoms with Gasteiger partial charge in [0.2, 0.25) is 0 Å². The van der Waals surface area contributed by atoms with E-state index in [1.54, 1.807) is 12.2 Å². The molecular weight excluding hydrogens is 145 g/mol. The summed E-state index contributed by atoms with van der Waals surface area (Å²) in [5.41, 5.74) is 0. The fourth-order valence-corrected chi connectivity index (χ4v) is 1.70. The molecule has 0 radical (unpaired) electrons. The third-order valence-corrected chi connectivity index (χ3v) is 2.27. The van der Waals surface area contributed by atoms with Crippen molar-refractivity contribution in [1.82, 2.24) is 5.06 Å². The van der Waals surface area contributed by atoms with Crippen molar-refractivity contribution in [2.45, 2.75) is 31.7 Å². The topological polar surface area (TPSA) is 12.5 Å². The summed E-state index contributed by atoms with van der Waals surface area (Å²) in [4.78, 5) is 5.07. The molecule has 0 aromatic carbocycles. The summed E-state index contributed by atoms with van der Waals surface area (Å²) in [6.45, 7) is 0.103. The summed E-state index contributed by atoms with van der Waals surface area (Å²) in [7, 11) is 1.62. The SMILES string of the molecule is CON(CCF)C1CCCC1. The van der Waals surface area contributed by atoms with Crippen LogP contribution in [0.5, 0.6) is 0 Å². The van der Waals surface area contributed by atoms with E-state index in [4.69, 9.17) is 4.84 Å². The lowest BCUT2D eigenvalue weighted by Gasteiger charge is -2.24. The number of halogens is 1. The van der Waals surface area contributed by atoms with Crippen LogP contribution in [0, 0.1) is 0 Å². The van der Waals surface area contributed by atoms with Gasteiger partial charge in [-0.2, -0.15) is 5.06 Å². The summed E-state index contributed by atoms with van der Waals surface area (Å²) in [5.74, 6) is 0. The Morgan fingerprint density at radius 2 is 2.09 bits per heavy atom. The quantitative estimate of drug-likeness (QED) is 0.582. The van der Waals surface area contributed by atoms with Crippen LogP contribution in [0.25, 0.3) is 0 Å². The monoisotopic (exact) mass is 161 g/mol. The van der Waals surface area contributed by atoms with Crippen LogP contribution in [0.2, 0.25) is 0 Å². The number of alkyl halides is 1. The van der Waals surface area contributed by atoms with Crippen molar-refractivity contribution in [1.29, 1.82) is 0 Å². The van der Waals surface area contributed by atoms with Crippen molar-refractivity contribution in [2.75, 3.05) is 20.3 Å².